The van der Waals surface area contributed by atoms with Crippen LogP contribution in [0, 0.1) is 0 Å². The van der Waals surface area contributed by atoms with Crippen LogP contribution in [0.1, 0.15) is 12.8 Å². The average Bonchev–Trinajstić information content (AvgIpc) is 2.97. The second-order valence-electron chi connectivity index (χ2n) is 3.92. The van der Waals surface area contributed by atoms with Crippen LogP contribution in [-0.4, -0.2) is 44.2 Å². The van der Waals surface area contributed by atoms with E-state index in [1.807, 2.05) is 0 Å². The Morgan fingerprint density at radius 3 is 3.38 bits per heavy atom. The van der Waals surface area contributed by atoms with Gasteiger partial charge in [-0.3, -0.25) is 4.98 Å². The van der Waals surface area contributed by atoms with Crippen molar-refractivity contribution in [1.29, 1.82) is 0 Å². The van der Waals surface area contributed by atoms with E-state index in [2.05, 4.69) is 31.1 Å². The summed E-state index contributed by atoms with van der Waals surface area (Å²) in [5.41, 5.74) is 0.657. The molecule has 3 heterocycles. The van der Waals surface area contributed by atoms with Crippen molar-refractivity contribution in [1.82, 2.24) is 30.3 Å². The molecule has 0 spiro atoms. The van der Waals surface area contributed by atoms with Crippen molar-refractivity contribution in [3.63, 3.8) is 0 Å². The summed E-state index contributed by atoms with van der Waals surface area (Å²) in [5, 5.41) is 18.1. The predicted molar refractivity (Wildman–Crippen MR) is 58.1 cm³/mol. The van der Waals surface area contributed by atoms with Gasteiger partial charge in [0.25, 0.3) is 0 Å². The van der Waals surface area contributed by atoms with Gasteiger partial charge < -0.3 is 10.6 Å². The molecule has 0 saturated carbocycles. The molecule has 2 N–H and O–H groups in total. The Balaban J connectivity index is 1.75. The monoisotopic (exact) mass is 219 g/mol. The van der Waals surface area contributed by atoms with Crippen LogP contribution in [-0.2, 0) is 0 Å². The first-order valence-electron chi connectivity index (χ1n) is 5.43. The summed E-state index contributed by atoms with van der Waals surface area (Å²) in [6.07, 6.45) is 5.84. The summed E-state index contributed by atoms with van der Waals surface area (Å²) in [7, 11) is 0. The molecule has 0 radical (unpaired) electrons. The highest BCUT2D eigenvalue weighted by molar-refractivity contribution is 5.43. The van der Waals surface area contributed by atoms with Gasteiger partial charge in [0.15, 0.2) is 5.65 Å². The minimum absolute atomic E-state index is 0.534. The van der Waals surface area contributed by atoms with Crippen molar-refractivity contribution in [2.45, 2.75) is 18.9 Å². The number of anilines is 1. The molecule has 3 rings (SSSR count). The van der Waals surface area contributed by atoms with Gasteiger partial charge in [-0.1, -0.05) is 0 Å². The summed E-state index contributed by atoms with van der Waals surface area (Å²) in [6, 6.07) is 0.534. The Hall–Kier alpha value is -1.76. The number of aromatic nitrogens is 5. The summed E-state index contributed by atoms with van der Waals surface area (Å²) in [5.74, 6) is 0.830. The smallest absolute Gasteiger partial charge is 0.199 e. The van der Waals surface area contributed by atoms with Crippen molar-refractivity contribution in [3.05, 3.63) is 12.4 Å². The Morgan fingerprint density at radius 2 is 2.50 bits per heavy atom. The maximum Gasteiger partial charge on any atom is 0.199 e. The normalized spacial score (nSPS) is 20.4. The topological polar surface area (TPSA) is 80.0 Å². The number of nitrogens with one attached hydrogen (secondary N) is 2. The molecule has 0 aliphatic carbocycles. The van der Waals surface area contributed by atoms with Crippen molar-refractivity contribution in [2.75, 3.05) is 18.4 Å². The molecule has 7 heteroatoms. The fourth-order valence-electron chi connectivity index (χ4n) is 1.95. The van der Waals surface area contributed by atoms with E-state index in [-0.39, 0.29) is 0 Å². The van der Waals surface area contributed by atoms with Gasteiger partial charge in [0.2, 0.25) is 0 Å². The lowest BCUT2D eigenvalue weighted by Crippen LogP contribution is -2.29. The maximum absolute atomic E-state index is 4.08. The highest BCUT2D eigenvalue weighted by Gasteiger charge is 2.14. The number of hydrogen-bond donors (Lipinski definition) is 2. The van der Waals surface area contributed by atoms with Gasteiger partial charge in [0, 0.05) is 12.6 Å². The molecular weight excluding hydrogens is 206 g/mol. The molecule has 84 valence electrons. The van der Waals surface area contributed by atoms with Crippen LogP contribution in [0.5, 0.6) is 0 Å². The highest BCUT2D eigenvalue weighted by atomic mass is 15.5. The van der Waals surface area contributed by atoms with E-state index in [0.717, 1.165) is 18.9 Å². The highest BCUT2D eigenvalue weighted by Crippen LogP contribution is 2.09. The summed E-state index contributed by atoms with van der Waals surface area (Å²) < 4.78 is 1.65. The zero-order valence-electron chi connectivity index (χ0n) is 8.80. The predicted octanol–water partition coefficient (Wildman–Crippen LogP) is -0.317. The molecule has 1 saturated heterocycles. The number of hydrogen-bond acceptors (Lipinski definition) is 6. The third-order valence-electron chi connectivity index (χ3n) is 2.80. The van der Waals surface area contributed by atoms with Gasteiger partial charge >= 0.3 is 0 Å². The third-order valence-corrected chi connectivity index (χ3v) is 2.80. The second kappa shape index (κ2) is 4.01. The van der Waals surface area contributed by atoms with Crippen molar-refractivity contribution < 1.29 is 0 Å². The van der Waals surface area contributed by atoms with Crippen LogP contribution in [0.25, 0.3) is 5.65 Å². The minimum Gasteiger partial charge on any atom is -0.367 e. The van der Waals surface area contributed by atoms with Crippen LogP contribution >= 0.6 is 0 Å². The van der Waals surface area contributed by atoms with Crippen molar-refractivity contribution in [3.8, 4) is 0 Å². The van der Waals surface area contributed by atoms with E-state index in [0.29, 0.717) is 11.7 Å². The van der Waals surface area contributed by atoms with Crippen molar-refractivity contribution in [2.24, 2.45) is 0 Å². The zero-order valence-corrected chi connectivity index (χ0v) is 8.80. The van der Waals surface area contributed by atoms with E-state index in [4.69, 9.17) is 0 Å². The fraction of sp³-hybridized carbons (Fsp3) is 0.556. The lowest BCUT2D eigenvalue weighted by Gasteiger charge is -2.12. The first kappa shape index (κ1) is 9.46. The van der Waals surface area contributed by atoms with Crippen LogP contribution in [0.3, 0.4) is 0 Å². The number of rotatable bonds is 3. The van der Waals surface area contributed by atoms with Gasteiger partial charge in [-0.15, -0.1) is 5.10 Å². The summed E-state index contributed by atoms with van der Waals surface area (Å²) >= 11 is 0. The molecule has 2 aromatic heterocycles. The van der Waals surface area contributed by atoms with Crippen LogP contribution in [0.4, 0.5) is 5.82 Å². The quantitative estimate of drug-likeness (QED) is 0.736. The Bertz CT molecular complexity index is 473. The standard InChI is InChI=1S/C9H13N7/c1-2-7(11-3-1)4-12-8-5-10-6-9-13-14-15-16(8)9/h5-7,11-12H,1-4H2. The van der Waals surface area contributed by atoms with E-state index < -0.39 is 0 Å². The van der Waals surface area contributed by atoms with Gasteiger partial charge in [0.1, 0.15) is 5.82 Å². The van der Waals surface area contributed by atoms with Crippen LogP contribution in [0.15, 0.2) is 12.4 Å². The number of tetrazole rings is 1. The molecule has 1 fully saturated rings. The van der Waals surface area contributed by atoms with E-state index in [1.54, 1.807) is 16.9 Å². The SMILES string of the molecule is c1ncc2nnnn2c1NCC1CCCN1. The maximum atomic E-state index is 4.08. The Kier molecular flexibility index (Phi) is 2.37. The van der Waals surface area contributed by atoms with Crippen molar-refractivity contribution >= 4 is 11.5 Å². The molecule has 16 heavy (non-hydrogen) atoms. The largest absolute Gasteiger partial charge is 0.367 e. The molecule has 0 amide bonds. The average molecular weight is 219 g/mol. The van der Waals surface area contributed by atoms with Crippen LogP contribution < -0.4 is 10.6 Å². The van der Waals surface area contributed by atoms with E-state index >= 15 is 0 Å². The Morgan fingerprint density at radius 1 is 1.50 bits per heavy atom. The molecule has 1 unspecified atom stereocenters. The summed E-state index contributed by atoms with van der Waals surface area (Å²) in [6.45, 7) is 1.99. The lowest BCUT2D eigenvalue weighted by atomic mass is 10.2. The van der Waals surface area contributed by atoms with Gasteiger partial charge in [0.05, 0.1) is 12.4 Å². The molecule has 0 aromatic carbocycles. The first-order chi connectivity index (χ1) is 7.93. The van der Waals surface area contributed by atoms with Gasteiger partial charge in [-0.25, -0.2) is 0 Å². The van der Waals surface area contributed by atoms with Crippen LogP contribution in [0.2, 0.25) is 0 Å². The third kappa shape index (κ3) is 1.69. The minimum atomic E-state index is 0.534. The fourth-order valence-corrected chi connectivity index (χ4v) is 1.95. The van der Waals surface area contributed by atoms with Gasteiger partial charge in [-0.2, -0.15) is 4.52 Å². The molecule has 1 atom stereocenters. The first-order valence-corrected chi connectivity index (χ1v) is 5.43. The number of nitrogens with zero attached hydrogens (tertiary/aromatic N) is 5. The summed E-state index contributed by atoms with van der Waals surface area (Å²) in [4.78, 5) is 4.08. The number of fused-ring (bicyclic) bond motifs is 1. The molecule has 0 bridgehead atoms. The van der Waals surface area contributed by atoms with Gasteiger partial charge in [-0.05, 0) is 29.8 Å². The molecular formula is C9H13N7. The molecule has 7 nitrogen and oxygen atoms in total. The molecule has 2 aromatic rings. The molecule has 1 aliphatic rings. The van der Waals surface area contributed by atoms with E-state index in [9.17, 15) is 0 Å². The molecule has 1 aliphatic heterocycles. The van der Waals surface area contributed by atoms with E-state index in [1.165, 1.54) is 12.8 Å². The second-order valence-corrected chi connectivity index (χ2v) is 3.92. The zero-order chi connectivity index (χ0) is 10.8. The lowest BCUT2D eigenvalue weighted by molar-refractivity contribution is 0.630. The Labute approximate surface area is 92.3 Å².